The first-order valence-electron chi connectivity index (χ1n) is 6.12. The molecule has 0 bridgehead atoms. The second-order valence-electron chi connectivity index (χ2n) is 5.46. The van der Waals surface area contributed by atoms with Crippen LogP contribution in [-0.2, 0) is 6.42 Å². The standard InChI is InChI=1S/C14H22N2O/c1-14(2,16(3)4)13(15)11-7-5-6-10-8-9-17-12(10)11/h5-7,13H,8-9,15H2,1-4H3. The Morgan fingerprint density at radius 2 is 2.06 bits per heavy atom. The molecule has 17 heavy (non-hydrogen) atoms. The summed E-state index contributed by atoms with van der Waals surface area (Å²) in [5, 5.41) is 0. The second kappa shape index (κ2) is 4.31. The van der Waals surface area contributed by atoms with Gasteiger partial charge in [0, 0.05) is 17.5 Å². The van der Waals surface area contributed by atoms with Gasteiger partial charge in [-0.1, -0.05) is 18.2 Å². The van der Waals surface area contributed by atoms with Crippen molar-refractivity contribution in [3.05, 3.63) is 29.3 Å². The Balaban J connectivity index is 2.38. The number of likely N-dealkylation sites (N-methyl/N-ethyl adjacent to an activating group) is 1. The molecule has 0 fully saturated rings. The lowest BCUT2D eigenvalue weighted by Gasteiger charge is -2.38. The summed E-state index contributed by atoms with van der Waals surface area (Å²) < 4.78 is 5.73. The molecule has 1 atom stereocenters. The lowest BCUT2D eigenvalue weighted by atomic mass is 9.87. The average Bonchev–Trinajstić information content (AvgIpc) is 2.75. The summed E-state index contributed by atoms with van der Waals surface area (Å²) in [6.07, 6.45) is 0.998. The number of nitrogens with two attached hydrogens (primary N) is 1. The van der Waals surface area contributed by atoms with Gasteiger partial charge in [-0.2, -0.15) is 0 Å². The molecule has 0 aromatic heterocycles. The van der Waals surface area contributed by atoms with Gasteiger partial charge in [0.25, 0.3) is 0 Å². The van der Waals surface area contributed by atoms with Crippen LogP contribution >= 0.6 is 0 Å². The molecule has 1 aromatic rings. The van der Waals surface area contributed by atoms with Gasteiger partial charge in [-0.25, -0.2) is 0 Å². The Labute approximate surface area is 104 Å². The minimum absolute atomic E-state index is 0.0504. The molecule has 94 valence electrons. The van der Waals surface area contributed by atoms with E-state index in [0.717, 1.165) is 24.3 Å². The molecule has 1 aromatic carbocycles. The van der Waals surface area contributed by atoms with Crippen LogP contribution in [0.15, 0.2) is 18.2 Å². The fraction of sp³-hybridized carbons (Fsp3) is 0.571. The SMILES string of the molecule is CN(C)C(C)(C)C(N)c1cccc2c1OCC2. The van der Waals surface area contributed by atoms with E-state index >= 15 is 0 Å². The van der Waals surface area contributed by atoms with Gasteiger partial charge in [0.2, 0.25) is 0 Å². The predicted molar refractivity (Wildman–Crippen MR) is 70.3 cm³/mol. The van der Waals surface area contributed by atoms with Crippen molar-refractivity contribution in [3.63, 3.8) is 0 Å². The van der Waals surface area contributed by atoms with Crippen molar-refractivity contribution in [3.8, 4) is 5.75 Å². The van der Waals surface area contributed by atoms with E-state index in [0.29, 0.717) is 0 Å². The molecule has 0 saturated carbocycles. The summed E-state index contributed by atoms with van der Waals surface area (Å²) in [6, 6.07) is 6.24. The summed E-state index contributed by atoms with van der Waals surface area (Å²) in [6.45, 7) is 5.10. The number of fused-ring (bicyclic) bond motifs is 1. The predicted octanol–water partition coefficient (Wildman–Crippen LogP) is 1.96. The number of rotatable bonds is 3. The maximum atomic E-state index is 6.43. The van der Waals surface area contributed by atoms with Crippen molar-refractivity contribution in [2.24, 2.45) is 5.73 Å². The van der Waals surface area contributed by atoms with Gasteiger partial charge in [-0.3, -0.25) is 0 Å². The molecule has 3 heteroatoms. The highest BCUT2D eigenvalue weighted by Crippen LogP contribution is 2.37. The largest absolute Gasteiger partial charge is 0.493 e. The molecule has 2 rings (SSSR count). The van der Waals surface area contributed by atoms with Crippen LogP contribution in [0.1, 0.15) is 31.0 Å². The minimum atomic E-state index is -0.0962. The van der Waals surface area contributed by atoms with Crippen molar-refractivity contribution < 1.29 is 4.74 Å². The smallest absolute Gasteiger partial charge is 0.127 e. The van der Waals surface area contributed by atoms with Crippen LogP contribution in [0.25, 0.3) is 0 Å². The van der Waals surface area contributed by atoms with Crippen molar-refractivity contribution >= 4 is 0 Å². The Morgan fingerprint density at radius 3 is 2.71 bits per heavy atom. The molecule has 1 heterocycles. The van der Waals surface area contributed by atoms with Crippen molar-refractivity contribution in [2.75, 3.05) is 20.7 Å². The van der Waals surface area contributed by atoms with Gasteiger partial charge in [0.1, 0.15) is 5.75 Å². The molecule has 3 nitrogen and oxygen atoms in total. The van der Waals surface area contributed by atoms with Crippen LogP contribution in [0.3, 0.4) is 0 Å². The van der Waals surface area contributed by atoms with Gasteiger partial charge in [0.05, 0.1) is 12.6 Å². The minimum Gasteiger partial charge on any atom is -0.493 e. The first-order valence-corrected chi connectivity index (χ1v) is 6.12. The zero-order valence-corrected chi connectivity index (χ0v) is 11.2. The number of nitrogens with zero attached hydrogens (tertiary/aromatic N) is 1. The zero-order valence-electron chi connectivity index (χ0n) is 11.2. The number of para-hydroxylation sites is 1. The fourth-order valence-corrected chi connectivity index (χ4v) is 2.14. The maximum Gasteiger partial charge on any atom is 0.127 e. The van der Waals surface area contributed by atoms with Gasteiger partial charge in [0.15, 0.2) is 0 Å². The summed E-state index contributed by atoms with van der Waals surface area (Å²) in [5.41, 5.74) is 8.74. The third-order valence-electron chi connectivity index (χ3n) is 3.99. The molecule has 1 unspecified atom stereocenters. The molecule has 2 N–H and O–H groups in total. The van der Waals surface area contributed by atoms with Crippen LogP contribution in [0, 0.1) is 0 Å². The van der Waals surface area contributed by atoms with Crippen molar-refractivity contribution in [1.82, 2.24) is 4.90 Å². The fourth-order valence-electron chi connectivity index (χ4n) is 2.14. The van der Waals surface area contributed by atoms with Crippen LogP contribution in [0.5, 0.6) is 5.75 Å². The summed E-state index contributed by atoms with van der Waals surface area (Å²) in [4.78, 5) is 2.16. The first kappa shape index (κ1) is 12.4. The number of ether oxygens (including phenoxy) is 1. The number of hydrogen-bond donors (Lipinski definition) is 1. The van der Waals surface area contributed by atoms with Gasteiger partial charge < -0.3 is 15.4 Å². The molecule has 0 aliphatic carbocycles. The Kier molecular flexibility index (Phi) is 3.15. The Hall–Kier alpha value is -1.06. The van der Waals surface area contributed by atoms with Gasteiger partial charge in [-0.05, 0) is 33.5 Å². The topological polar surface area (TPSA) is 38.5 Å². The lowest BCUT2D eigenvalue weighted by molar-refractivity contribution is 0.157. The highest BCUT2D eigenvalue weighted by molar-refractivity contribution is 5.46. The van der Waals surface area contributed by atoms with Crippen molar-refractivity contribution in [1.29, 1.82) is 0 Å². The highest BCUT2D eigenvalue weighted by Gasteiger charge is 2.33. The Morgan fingerprint density at radius 1 is 1.35 bits per heavy atom. The summed E-state index contributed by atoms with van der Waals surface area (Å²) in [5.74, 6) is 1.01. The van der Waals surface area contributed by atoms with E-state index in [4.69, 9.17) is 10.5 Å². The molecule has 0 radical (unpaired) electrons. The molecule has 1 aliphatic rings. The van der Waals surface area contributed by atoms with E-state index in [1.807, 2.05) is 0 Å². The molecule has 0 amide bonds. The third-order valence-corrected chi connectivity index (χ3v) is 3.99. The maximum absolute atomic E-state index is 6.43. The van der Waals surface area contributed by atoms with Crippen LogP contribution in [0.4, 0.5) is 0 Å². The molecular weight excluding hydrogens is 212 g/mol. The van der Waals surface area contributed by atoms with E-state index < -0.39 is 0 Å². The van der Waals surface area contributed by atoms with Crippen LogP contribution in [0.2, 0.25) is 0 Å². The normalized spacial score (nSPS) is 16.8. The summed E-state index contributed by atoms with van der Waals surface area (Å²) >= 11 is 0. The highest BCUT2D eigenvalue weighted by atomic mass is 16.5. The van der Waals surface area contributed by atoms with Gasteiger partial charge in [-0.15, -0.1) is 0 Å². The first-order chi connectivity index (χ1) is 7.94. The molecule has 0 spiro atoms. The molecular formula is C14H22N2O. The van der Waals surface area contributed by atoms with E-state index in [1.54, 1.807) is 0 Å². The van der Waals surface area contributed by atoms with E-state index in [9.17, 15) is 0 Å². The van der Waals surface area contributed by atoms with E-state index in [1.165, 1.54) is 5.56 Å². The van der Waals surface area contributed by atoms with Crippen LogP contribution < -0.4 is 10.5 Å². The summed E-state index contributed by atoms with van der Waals surface area (Å²) in [7, 11) is 4.12. The quantitative estimate of drug-likeness (QED) is 0.869. The third kappa shape index (κ3) is 2.05. The van der Waals surface area contributed by atoms with Crippen LogP contribution in [-0.4, -0.2) is 31.1 Å². The molecule has 0 saturated heterocycles. The number of hydrogen-bond acceptors (Lipinski definition) is 3. The molecule has 1 aliphatic heterocycles. The zero-order chi connectivity index (χ0) is 12.6. The van der Waals surface area contributed by atoms with E-state index in [-0.39, 0.29) is 11.6 Å². The second-order valence-corrected chi connectivity index (χ2v) is 5.46. The number of benzene rings is 1. The van der Waals surface area contributed by atoms with Crippen molar-refractivity contribution in [2.45, 2.75) is 31.8 Å². The Bertz CT molecular complexity index is 413. The van der Waals surface area contributed by atoms with E-state index in [2.05, 4.69) is 51.0 Å². The van der Waals surface area contributed by atoms with Gasteiger partial charge >= 0.3 is 0 Å². The average molecular weight is 234 g/mol. The monoisotopic (exact) mass is 234 g/mol. The lowest BCUT2D eigenvalue weighted by Crippen LogP contribution is -2.47.